The number of ether oxygens (including phenoxy) is 1. The van der Waals surface area contributed by atoms with Crippen LogP contribution in [0, 0.1) is 11.8 Å². The zero-order chi connectivity index (χ0) is 7.84. The molecule has 0 aromatic rings. The van der Waals surface area contributed by atoms with E-state index in [1.165, 1.54) is 12.8 Å². The van der Waals surface area contributed by atoms with E-state index >= 15 is 0 Å². The van der Waals surface area contributed by atoms with Gasteiger partial charge in [0.15, 0.2) is 0 Å². The zero-order valence-corrected chi connectivity index (χ0v) is 6.32. The monoisotopic (exact) mass is 156 g/mol. The first kappa shape index (κ1) is 7.10. The second kappa shape index (κ2) is 2.48. The van der Waals surface area contributed by atoms with Crippen LogP contribution in [-0.2, 0) is 9.53 Å². The van der Waals surface area contributed by atoms with Crippen LogP contribution in [0.4, 0.5) is 0 Å². The molecule has 1 heterocycles. The summed E-state index contributed by atoms with van der Waals surface area (Å²) in [5.74, 6) is -0.220. The van der Waals surface area contributed by atoms with Crippen molar-refractivity contribution in [2.45, 2.75) is 25.4 Å². The van der Waals surface area contributed by atoms with Crippen molar-refractivity contribution in [3.8, 4) is 0 Å². The average molecular weight is 156 g/mol. The van der Waals surface area contributed by atoms with Crippen molar-refractivity contribution >= 4 is 5.97 Å². The van der Waals surface area contributed by atoms with Crippen LogP contribution < -0.4 is 0 Å². The largest absolute Gasteiger partial charge is 0.481 e. The van der Waals surface area contributed by atoms with Gasteiger partial charge in [-0.1, -0.05) is 12.8 Å². The maximum Gasteiger partial charge on any atom is 0.309 e. The molecule has 1 N–H and O–H groups in total. The number of carboxylic acid groups (broad SMARTS) is 1. The van der Waals surface area contributed by atoms with Gasteiger partial charge in [-0.15, -0.1) is 0 Å². The summed E-state index contributed by atoms with van der Waals surface area (Å²) < 4.78 is 4.98. The summed E-state index contributed by atoms with van der Waals surface area (Å²) in [6.07, 6.45) is 3.31. The van der Waals surface area contributed by atoms with Crippen LogP contribution in [0.1, 0.15) is 19.3 Å². The van der Waals surface area contributed by atoms with Gasteiger partial charge in [-0.05, 0) is 12.3 Å². The fourth-order valence-electron chi connectivity index (χ4n) is 1.41. The third-order valence-electron chi connectivity index (χ3n) is 2.41. The first-order valence-electron chi connectivity index (χ1n) is 4.12. The molecule has 0 spiro atoms. The standard InChI is InChI=1S/C8H12O3/c9-8(10)6(7-4-11-7)3-5-1-2-5/h5-7H,1-4H2,(H,9,10)/t6-,7-/m0/s1. The molecule has 2 rings (SSSR count). The van der Waals surface area contributed by atoms with Crippen molar-refractivity contribution < 1.29 is 14.6 Å². The summed E-state index contributed by atoms with van der Waals surface area (Å²) in [7, 11) is 0. The van der Waals surface area contributed by atoms with Gasteiger partial charge in [-0.2, -0.15) is 0 Å². The molecular weight excluding hydrogens is 144 g/mol. The molecule has 1 saturated carbocycles. The Morgan fingerprint density at radius 3 is 2.64 bits per heavy atom. The first-order chi connectivity index (χ1) is 5.27. The number of rotatable bonds is 4. The molecule has 0 aromatic carbocycles. The normalized spacial score (nSPS) is 31.5. The van der Waals surface area contributed by atoms with Crippen molar-refractivity contribution in [1.29, 1.82) is 0 Å². The SMILES string of the molecule is O=C(O)[C@@H](CC1CC1)[C@@H]1CO1. The van der Waals surface area contributed by atoms with Crippen LogP contribution in [-0.4, -0.2) is 23.8 Å². The maximum atomic E-state index is 10.7. The highest BCUT2D eigenvalue weighted by molar-refractivity contribution is 5.71. The van der Waals surface area contributed by atoms with E-state index in [9.17, 15) is 4.79 Å². The third kappa shape index (κ3) is 1.71. The van der Waals surface area contributed by atoms with E-state index < -0.39 is 5.97 Å². The Balaban J connectivity index is 1.85. The van der Waals surface area contributed by atoms with Crippen molar-refractivity contribution in [3.63, 3.8) is 0 Å². The Labute approximate surface area is 65.4 Å². The molecule has 1 saturated heterocycles. The molecule has 62 valence electrons. The van der Waals surface area contributed by atoms with Gasteiger partial charge in [0.25, 0.3) is 0 Å². The van der Waals surface area contributed by atoms with Gasteiger partial charge < -0.3 is 9.84 Å². The lowest BCUT2D eigenvalue weighted by atomic mass is 9.99. The van der Waals surface area contributed by atoms with Crippen molar-refractivity contribution in [2.75, 3.05) is 6.61 Å². The van der Waals surface area contributed by atoms with E-state index in [0.717, 1.165) is 6.42 Å². The van der Waals surface area contributed by atoms with Crippen molar-refractivity contribution in [1.82, 2.24) is 0 Å². The van der Waals surface area contributed by atoms with Gasteiger partial charge in [0, 0.05) is 0 Å². The van der Waals surface area contributed by atoms with Crippen LogP contribution in [0.25, 0.3) is 0 Å². The van der Waals surface area contributed by atoms with E-state index in [1.807, 2.05) is 0 Å². The highest BCUT2D eigenvalue weighted by Gasteiger charge is 2.40. The number of hydrogen-bond acceptors (Lipinski definition) is 2. The molecule has 2 aliphatic rings. The molecule has 0 bridgehead atoms. The summed E-state index contributed by atoms with van der Waals surface area (Å²) in [5.41, 5.74) is 0. The molecule has 1 aliphatic heterocycles. The van der Waals surface area contributed by atoms with E-state index in [-0.39, 0.29) is 12.0 Å². The highest BCUT2D eigenvalue weighted by Crippen LogP contribution is 2.38. The van der Waals surface area contributed by atoms with Crippen LogP contribution in [0.2, 0.25) is 0 Å². The second-order valence-corrected chi connectivity index (χ2v) is 3.50. The molecule has 3 nitrogen and oxygen atoms in total. The van der Waals surface area contributed by atoms with Crippen molar-refractivity contribution in [3.05, 3.63) is 0 Å². The van der Waals surface area contributed by atoms with E-state index in [2.05, 4.69) is 0 Å². The summed E-state index contributed by atoms with van der Waals surface area (Å²) in [6.45, 7) is 0.656. The fourth-order valence-corrected chi connectivity index (χ4v) is 1.41. The minimum absolute atomic E-state index is 0.0353. The van der Waals surface area contributed by atoms with Crippen LogP contribution >= 0.6 is 0 Å². The van der Waals surface area contributed by atoms with Crippen LogP contribution in [0.5, 0.6) is 0 Å². The Morgan fingerprint density at radius 2 is 2.27 bits per heavy atom. The predicted octanol–water partition coefficient (Wildman–Crippen LogP) is 0.886. The number of carboxylic acids is 1. The van der Waals surface area contributed by atoms with Crippen LogP contribution in [0.15, 0.2) is 0 Å². The lowest BCUT2D eigenvalue weighted by molar-refractivity contribution is -0.142. The Morgan fingerprint density at radius 1 is 1.64 bits per heavy atom. The number of carbonyl (C=O) groups is 1. The van der Waals surface area contributed by atoms with Gasteiger partial charge in [0.2, 0.25) is 0 Å². The lowest BCUT2D eigenvalue weighted by Crippen LogP contribution is -2.20. The van der Waals surface area contributed by atoms with Crippen LogP contribution in [0.3, 0.4) is 0 Å². The van der Waals surface area contributed by atoms with Crippen molar-refractivity contribution in [2.24, 2.45) is 11.8 Å². The number of epoxide rings is 1. The Hall–Kier alpha value is -0.570. The summed E-state index contributed by atoms with van der Waals surface area (Å²) >= 11 is 0. The lowest BCUT2D eigenvalue weighted by Gasteiger charge is -2.06. The molecule has 0 aromatic heterocycles. The average Bonchev–Trinajstić information content (AvgIpc) is 2.78. The van der Waals surface area contributed by atoms with Gasteiger partial charge in [-0.25, -0.2) is 0 Å². The molecule has 0 amide bonds. The minimum Gasteiger partial charge on any atom is -0.481 e. The van der Waals surface area contributed by atoms with Gasteiger partial charge in [0.1, 0.15) is 0 Å². The molecule has 0 radical (unpaired) electrons. The van der Waals surface area contributed by atoms with E-state index in [1.54, 1.807) is 0 Å². The first-order valence-corrected chi connectivity index (χ1v) is 4.12. The maximum absolute atomic E-state index is 10.7. The molecule has 3 heteroatoms. The fraction of sp³-hybridized carbons (Fsp3) is 0.875. The van der Waals surface area contributed by atoms with E-state index in [4.69, 9.17) is 9.84 Å². The molecule has 11 heavy (non-hydrogen) atoms. The highest BCUT2D eigenvalue weighted by atomic mass is 16.6. The Bertz CT molecular complexity index is 170. The molecule has 2 fully saturated rings. The smallest absolute Gasteiger partial charge is 0.309 e. The summed E-state index contributed by atoms with van der Waals surface area (Å²) in [5, 5.41) is 8.78. The van der Waals surface area contributed by atoms with Gasteiger partial charge in [-0.3, -0.25) is 4.79 Å². The quantitative estimate of drug-likeness (QED) is 0.615. The molecule has 1 aliphatic carbocycles. The predicted molar refractivity (Wildman–Crippen MR) is 38.2 cm³/mol. The second-order valence-electron chi connectivity index (χ2n) is 3.50. The third-order valence-corrected chi connectivity index (χ3v) is 2.41. The summed E-state index contributed by atoms with van der Waals surface area (Å²) in [4.78, 5) is 10.7. The molecule has 0 unspecified atom stereocenters. The van der Waals surface area contributed by atoms with Gasteiger partial charge in [0.05, 0.1) is 18.6 Å². The molecule has 2 atom stereocenters. The zero-order valence-electron chi connectivity index (χ0n) is 6.32. The van der Waals surface area contributed by atoms with E-state index in [0.29, 0.717) is 12.5 Å². The Kier molecular flexibility index (Phi) is 1.60. The topological polar surface area (TPSA) is 49.8 Å². The number of aliphatic carboxylic acids is 1. The molecular formula is C8H12O3. The van der Waals surface area contributed by atoms with Gasteiger partial charge >= 0.3 is 5.97 Å². The number of hydrogen-bond donors (Lipinski definition) is 1. The summed E-state index contributed by atoms with van der Waals surface area (Å²) in [6, 6.07) is 0. The minimum atomic E-state index is -0.681.